The van der Waals surface area contributed by atoms with Crippen molar-refractivity contribution < 1.29 is 4.79 Å². The van der Waals surface area contributed by atoms with Gasteiger partial charge in [-0.3, -0.25) is 9.48 Å². The summed E-state index contributed by atoms with van der Waals surface area (Å²) >= 11 is 1.63. The summed E-state index contributed by atoms with van der Waals surface area (Å²) in [7, 11) is 3.67. The molecule has 0 aliphatic heterocycles. The third-order valence-corrected chi connectivity index (χ3v) is 5.39. The van der Waals surface area contributed by atoms with Crippen LogP contribution < -0.4 is 0 Å². The van der Waals surface area contributed by atoms with E-state index < -0.39 is 0 Å². The Bertz CT molecular complexity index is 1080. The molecule has 7 nitrogen and oxygen atoms in total. The van der Waals surface area contributed by atoms with Crippen LogP contribution in [0.1, 0.15) is 21.6 Å². The Balaban J connectivity index is 1.67. The predicted octanol–water partition coefficient (Wildman–Crippen LogP) is 2.77. The number of hydrogen-bond donors (Lipinski definition) is 0. The van der Waals surface area contributed by atoms with Crippen molar-refractivity contribution in [2.45, 2.75) is 13.5 Å². The Morgan fingerprint density at radius 3 is 2.81 bits per heavy atom. The van der Waals surface area contributed by atoms with E-state index in [2.05, 4.69) is 15.2 Å². The van der Waals surface area contributed by atoms with Gasteiger partial charge in [0.15, 0.2) is 5.65 Å². The highest BCUT2D eigenvalue weighted by Crippen LogP contribution is 2.25. The average Bonchev–Trinajstić information content (AvgIpc) is 3.37. The molecule has 4 heterocycles. The summed E-state index contributed by atoms with van der Waals surface area (Å²) in [6.07, 6.45) is 5.10. The fraction of sp³-hybridized carbons (Fsp3) is 0.222. The molecule has 0 bridgehead atoms. The van der Waals surface area contributed by atoms with Crippen molar-refractivity contribution in [3.8, 4) is 10.6 Å². The van der Waals surface area contributed by atoms with E-state index in [0.717, 1.165) is 21.8 Å². The van der Waals surface area contributed by atoms with E-state index in [9.17, 15) is 4.79 Å². The number of rotatable bonds is 4. The fourth-order valence-corrected chi connectivity index (χ4v) is 3.62. The van der Waals surface area contributed by atoms with Gasteiger partial charge in [0.1, 0.15) is 5.56 Å². The minimum atomic E-state index is -0.112. The largest absolute Gasteiger partial charge is 0.337 e. The summed E-state index contributed by atoms with van der Waals surface area (Å²) < 4.78 is 3.53. The van der Waals surface area contributed by atoms with Crippen molar-refractivity contribution >= 4 is 22.9 Å². The number of hydrogen-bond acceptors (Lipinski definition) is 5. The monoisotopic (exact) mass is 366 g/mol. The van der Waals surface area contributed by atoms with Crippen LogP contribution in [0.25, 0.3) is 16.2 Å². The molecular formula is C18H18N6OS. The minimum absolute atomic E-state index is 0.112. The number of aryl methyl sites for hydroxylation is 1. The zero-order valence-corrected chi connectivity index (χ0v) is 15.6. The van der Waals surface area contributed by atoms with Gasteiger partial charge >= 0.3 is 0 Å². The van der Waals surface area contributed by atoms with Gasteiger partial charge in [-0.05, 0) is 24.4 Å². The first-order valence-electron chi connectivity index (χ1n) is 8.16. The van der Waals surface area contributed by atoms with Gasteiger partial charge in [0.25, 0.3) is 5.91 Å². The molecule has 0 unspecified atom stereocenters. The zero-order valence-electron chi connectivity index (χ0n) is 14.7. The van der Waals surface area contributed by atoms with Crippen LogP contribution in [-0.4, -0.2) is 42.2 Å². The second-order valence-corrected chi connectivity index (χ2v) is 7.09. The SMILES string of the molecule is Cc1c(CN(C)C(=O)c2cnn3c(-c4cccs4)ccnc23)cnn1C. The molecule has 0 aromatic carbocycles. The molecule has 0 N–H and O–H groups in total. The lowest BCUT2D eigenvalue weighted by atomic mass is 10.2. The second-order valence-electron chi connectivity index (χ2n) is 6.14. The van der Waals surface area contributed by atoms with Crippen LogP contribution in [0.3, 0.4) is 0 Å². The summed E-state index contributed by atoms with van der Waals surface area (Å²) in [6, 6.07) is 5.93. The molecule has 0 atom stereocenters. The van der Waals surface area contributed by atoms with Gasteiger partial charge in [-0.1, -0.05) is 6.07 Å². The highest BCUT2D eigenvalue weighted by Gasteiger charge is 2.20. The Kier molecular flexibility index (Phi) is 4.04. The van der Waals surface area contributed by atoms with Crippen LogP contribution in [-0.2, 0) is 13.6 Å². The molecule has 1 amide bonds. The van der Waals surface area contributed by atoms with Crippen LogP contribution >= 0.6 is 11.3 Å². The molecule has 26 heavy (non-hydrogen) atoms. The van der Waals surface area contributed by atoms with Gasteiger partial charge in [-0.25, -0.2) is 9.50 Å². The molecule has 0 saturated heterocycles. The molecule has 8 heteroatoms. The molecule has 4 aromatic rings. The number of aromatic nitrogens is 5. The Hall–Kier alpha value is -3.00. The number of fused-ring (bicyclic) bond motifs is 1. The summed E-state index contributed by atoms with van der Waals surface area (Å²) in [5, 5.41) is 10.7. The normalized spacial score (nSPS) is 11.2. The van der Waals surface area contributed by atoms with Crippen molar-refractivity contribution in [1.29, 1.82) is 0 Å². The molecule has 0 fully saturated rings. The summed E-state index contributed by atoms with van der Waals surface area (Å²) in [5.41, 5.74) is 4.05. The maximum atomic E-state index is 12.9. The lowest BCUT2D eigenvalue weighted by molar-refractivity contribution is 0.0786. The summed E-state index contributed by atoms with van der Waals surface area (Å²) in [6.45, 7) is 2.48. The number of carbonyl (C=O) groups is 1. The molecule has 0 aliphatic rings. The molecule has 0 aliphatic carbocycles. The van der Waals surface area contributed by atoms with Gasteiger partial charge in [0.05, 0.1) is 23.0 Å². The second kappa shape index (κ2) is 6.38. The first-order valence-corrected chi connectivity index (χ1v) is 9.04. The number of nitrogens with zero attached hydrogens (tertiary/aromatic N) is 6. The van der Waals surface area contributed by atoms with E-state index >= 15 is 0 Å². The Labute approximate surface area is 154 Å². The standard InChI is InChI=1S/C18H18N6OS/c1-12-13(9-20-23(12)3)11-22(2)18(25)14-10-21-24-15(6-7-19-17(14)24)16-5-4-8-26-16/h4-10H,11H2,1-3H3. The fourth-order valence-electron chi connectivity index (χ4n) is 2.89. The van der Waals surface area contributed by atoms with Gasteiger partial charge in [-0.2, -0.15) is 10.2 Å². The number of amides is 1. The summed E-state index contributed by atoms with van der Waals surface area (Å²) in [4.78, 5) is 20.1. The van der Waals surface area contributed by atoms with Gasteiger partial charge in [0, 0.05) is 38.1 Å². The van der Waals surface area contributed by atoms with E-state index in [-0.39, 0.29) is 5.91 Å². The maximum absolute atomic E-state index is 12.9. The topological polar surface area (TPSA) is 68.3 Å². The first-order chi connectivity index (χ1) is 12.6. The third-order valence-electron chi connectivity index (χ3n) is 4.50. The van der Waals surface area contributed by atoms with Gasteiger partial charge in [0.2, 0.25) is 0 Å². The summed E-state index contributed by atoms with van der Waals surface area (Å²) in [5.74, 6) is -0.112. The van der Waals surface area contributed by atoms with E-state index in [0.29, 0.717) is 17.8 Å². The van der Waals surface area contributed by atoms with Crippen LogP contribution in [0.4, 0.5) is 0 Å². The smallest absolute Gasteiger partial charge is 0.259 e. The average molecular weight is 366 g/mol. The number of thiophene rings is 1. The Morgan fingerprint density at radius 1 is 1.27 bits per heavy atom. The van der Waals surface area contributed by atoms with Crippen LogP contribution in [0, 0.1) is 6.92 Å². The maximum Gasteiger partial charge on any atom is 0.259 e. The lowest BCUT2D eigenvalue weighted by Gasteiger charge is -2.16. The highest BCUT2D eigenvalue weighted by molar-refractivity contribution is 7.13. The van der Waals surface area contributed by atoms with Gasteiger partial charge < -0.3 is 4.90 Å². The molecule has 132 valence electrons. The van der Waals surface area contributed by atoms with Crippen molar-refractivity contribution in [2.24, 2.45) is 7.05 Å². The van der Waals surface area contributed by atoms with E-state index in [1.54, 1.807) is 51.1 Å². The van der Waals surface area contributed by atoms with E-state index in [1.807, 2.05) is 37.6 Å². The van der Waals surface area contributed by atoms with Crippen LogP contribution in [0.15, 0.2) is 42.2 Å². The molecular weight excluding hydrogens is 348 g/mol. The van der Waals surface area contributed by atoms with E-state index in [4.69, 9.17) is 0 Å². The van der Waals surface area contributed by atoms with E-state index in [1.165, 1.54) is 0 Å². The first kappa shape index (κ1) is 16.5. The van der Waals surface area contributed by atoms with Crippen LogP contribution in [0.2, 0.25) is 0 Å². The lowest BCUT2D eigenvalue weighted by Crippen LogP contribution is -2.26. The van der Waals surface area contributed by atoms with Crippen LogP contribution in [0.5, 0.6) is 0 Å². The molecule has 0 saturated carbocycles. The molecule has 0 spiro atoms. The highest BCUT2D eigenvalue weighted by atomic mass is 32.1. The predicted molar refractivity (Wildman–Crippen MR) is 100 cm³/mol. The quantitative estimate of drug-likeness (QED) is 0.557. The van der Waals surface area contributed by atoms with Crippen molar-refractivity contribution in [3.05, 3.63) is 59.0 Å². The van der Waals surface area contributed by atoms with Crippen molar-refractivity contribution in [1.82, 2.24) is 29.3 Å². The molecule has 4 rings (SSSR count). The van der Waals surface area contributed by atoms with Crippen molar-refractivity contribution in [2.75, 3.05) is 7.05 Å². The minimum Gasteiger partial charge on any atom is -0.337 e. The number of carbonyl (C=O) groups excluding carboxylic acids is 1. The van der Waals surface area contributed by atoms with Crippen molar-refractivity contribution in [3.63, 3.8) is 0 Å². The zero-order chi connectivity index (χ0) is 18.3. The third kappa shape index (κ3) is 2.68. The molecule has 4 aromatic heterocycles. The molecule has 0 radical (unpaired) electrons. The van der Waals surface area contributed by atoms with Gasteiger partial charge in [-0.15, -0.1) is 11.3 Å². The Morgan fingerprint density at radius 2 is 2.12 bits per heavy atom.